The van der Waals surface area contributed by atoms with Crippen LogP contribution in [0.1, 0.15) is 24.3 Å². The average Bonchev–Trinajstić information content (AvgIpc) is 2.93. The number of amides is 1. The summed E-state index contributed by atoms with van der Waals surface area (Å²) in [5.74, 6) is -0.628. The minimum Gasteiger partial charge on any atom is -0.476 e. The van der Waals surface area contributed by atoms with Gasteiger partial charge in [-0.3, -0.25) is 4.79 Å². The molecule has 0 aliphatic carbocycles. The number of carbonyl (C=O) groups is 1. The number of primary amides is 1. The van der Waals surface area contributed by atoms with Crippen molar-refractivity contribution in [2.24, 2.45) is 15.5 Å². The third kappa shape index (κ3) is 5.15. The van der Waals surface area contributed by atoms with Gasteiger partial charge in [0.25, 0.3) is 15.9 Å². The molecule has 0 unspecified atom stereocenters. The van der Waals surface area contributed by atoms with Crippen molar-refractivity contribution in [2.75, 3.05) is 26.5 Å². The van der Waals surface area contributed by atoms with Gasteiger partial charge in [0.15, 0.2) is 5.65 Å². The lowest BCUT2D eigenvalue weighted by Crippen LogP contribution is -2.30. The summed E-state index contributed by atoms with van der Waals surface area (Å²) >= 11 is 0. The zero-order valence-electron chi connectivity index (χ0n) is 15.1. The Labute approximate surface area is 151 Å². The molecule has 0 aromatic carbocycles. The summed E-state index contributed by atoms with van der Waals surface area (Å²) in [5, 5.41) is 4.16. The Hall–Kier alpha value is -2.69. The van der Waals surface area contributed by atoms with Gasteiger partial charge in [-0.05, 0) is 6.07 Å². The maximum atomic E-state index is 12.1. The highest BCUT2D eigenvalue weighted by molar-refractivity contribution is 7.90. The SMILES string of the molecule is CN(C)/C=N/S(=O)(=O)CC(C)(C)COc1ccc2ncc(C(N)=O)n2n1. The summed E-state index contributed by atoms with van der Waals surface area (Å²) in [6, 6.07) is 3.21. The lowest BCUT2D eigenvalue weighted by molar-refractivity contribution is 0.0993. The van der Waals surface area contributed by atoms with Gasteiger partial charge in [0.2, 0.25) is 5.88 Å². The molecule has 2 N–H and O–H groups in total. The molecule has 1 amide bonds. The van der Waals surface area contributed by atoms with Crippen LogP contribution in [0.15, 0.2) is 22.7 Å². The van der Waals surface area contributed by atoms with Crippen molar-refractivity contribution in [3.8, 4) is 5.88 Å². The number of rotatable bonds is 8. The number of nitrogens with two attached hydrogens (primary N) is 1. The van der Waals surface area contributed by atoms with Crippen LogP contribution in [-0.4, -0.2) is 66.6 Å². The fraction of sp³-hybridized carbons (Fsp3) is 0.467. The fourth-order valence-corrected chi connectivity index (χ4v) is 3.59. The molecule has 0 fully saturated rings. The third-order valence-corrected chi connectivity index (χ3v) is 4.77. The molecule has 0 aliphatic heterocycles. The topological polar surface area (TPSA) is 132 Å². The quantitative estimate of drug-likeness (QED) is 0.508. The van der Waals surface area contributed by atoms with E-state index in [1.165, 1.54) is 17.1 Å². The van der Waals surface area contributed by atoms with E-state index >= 15 is 0 Å². The first-order chi connectivity index (χ1) is 12.0. The van der Waals surface area contributed by atoms with E-state index in [2.05, 4.69) is 14.5 Å². The normalized spacial score (nSPS) is 12.6. The van der Waals surface area contributed by atoms with Crippen molar-refractivity contribution in [1.82, 2.24) is 19.5 Å². The summed E-state index contributed by atoms with van der Waals surface area (Å²) in [6.45, 7) is 3.59. The maximum Gasteiger partial charge on any atom is 0.269 e. The molecular weight excluding hydrogens is 360 g/mol. The van der Waals surface area contributed by atoms with Crippen molar-refractivity contribution in [1.29, 1.82) is 0 Å². The average molecular weight is 382 g/mol. The zero-order valence-corrected chi connectivity index (χ0v) is 15.9. The molecule has 2 aromatic heterocycles. The molecule has 0 atom stereocenters. The summed E-state index contributed by atoms with van der Waals surface area (Å²) in [7, 11) is -0.259. The lowest BCUT2D eigenvalue weighted by atomic mass is 9.98. The van der Waals surface area contributed by atoms with E-state index in [0.717, 1.165) is 0 Å². The Kier molecular flexibility index (Phi) is 5.50. The van der Waals surface area contributed by atoms with Crippen LogP contribution >= 0.6 is 0 Å². The number of aromatic nitrogens is 3. The summed E-state index contributed by atoms with van der Waals surface area (Å²) < 4.78 is 34.6. The third-order valence-electron chi connectivity index (χ3n) is 3.21. The van der Waals surface area contributed by atoms with Gasteiger partial charge in [-0.15, -0.1) is 5.10 Å². The Morgan fingerprint density at radius 3 is 2.73 bits per heavy atom. The van der Waals surface area contributed by atoms with Gasteiger partial charge in [-0.25, -0.2) is 17.9 Å². The number of fused-ring (bicyclic) bond motifs is 1. The van der Waals surface area contributed by atoms with Crippen LogP contribution in [0.4, 0.5) is 0 Å². The van der Waals surface area contributed by atoms with E-state index in [0.29, 0.717) is 5.65 Å². The molecule has 0 aliphatic rings. The number of hydrogen-bond donors (Lipinski definition) is 1. The zero-order chi connectivity index (χ0) is 19.5. The predicted molar refractivity (Wildman–Crippen MR) is 96.7 cm³/mol. The van der Waals surface area contributed by atoms with Gasteiger partial charge in [0.1, 0.15) is 12.0 Å². The molecule has 0 spiro atoms. The van der Waals surface area contributed by atoms with E-state index in [4.69, 9.17) is 10.5 Å². The van der Waals surface area contributed by atoms with E-state index in [1.807, 2.05) is 0 Å². The Morgan fingerprint density at radius 2 is 2.12 bits per heavy atom. The van der Waals surface area contributed by atoms with Crippen molar-refractivity contribution in [3.63, 3.8) is 0 Å². The molecule has 26 heavy (non-hydrogen) atoms. The second-order valence-electron chi connectivity index (χ2n) is 6.81. The van der Waals surface area contributed by atoms with Gasteiger partial charge < -0.3 is 15.4 Å². The standard InChI is InChI=1S/C15H22N6O4S/c1-15(2,9-26(23,24)18-10-20(3)4)8-25-13-6-5-12-17-7-11(14(16)22)21(12)19-13/h5-7,10H,8-9H2,1-4H3,(H2,16,22)/b18-10+. The second kappa shape index (κ2) is 7.28. The second-order valence-corrected chi connectivity index (χ2v) is 8.48. The van der Waals surface area contributed by atoms with Crippen LogP contribution in [0.5, 0.6) is 5.88 Å². The van der Waals surface area contributed by atoms with E-state index < -0.39 is 21.3 Å². The molecule has 10 nitrogen and oxygen atoms in total. The largest absolute Gasteiger partial charge is 0.476 e. The number of imidazole rings is 1. The molecule has 0 radical (unpaired) electrons. The van der Waals surface area contributed by atoms with Gasteiger partial charge in [-0.2, -0.15) is 4.40 Å². The molecule has 11 heteroatoms. The highest BCUT2D eigenvalue weighted by Crippen LogP contribution is 2.21. The molecule has 0 saturated heterocycles. The molecule has 2 heterocycles. The maximum absolute atomic E-state index is 12.1. The van der Waals surface area contributed by atoms with Crippen LogP contribution in [0, 0.1) is 5.41 Å². The highest BCUT2D eigenvalue weighted by atomic mass is 32.2. The van der Waals surface area contributed by atoms with Crippen LogP contribution in [0.2, 0.25) is 0 Å². The van der Waals surface area contributed by atoms with Gasteiger partial charge >= 0.3 is 0 Å². The summed E-state index contributed by atoms with van der Waals surface area (Å²) in [6.07, 6.45) is 2.57. The molecular formula is C15H22N6O4S. The van der Waals surface area contributed by atoms with Crippen LogP contribution in [0.3, 0.4) is 0 Å². The van der Waals surface area contributed by atoms with E-state index in [-0.39, 0.29) is 23.9 Å². The fourth-order valence-electron chi connectivity index (χ4n) is 2.11. The van der Waals surface area contributed by atoms with Gasteiger partial charge in [0, 0.05) is 25.6 Å². The smallest absolute Gasteiger partial charge is 0.269 e. The molecule has 2 aromatic rings. The molecule has 142 valence electrons. The first-order valence-electron chi connectivity index (χ1n) is 7.71. The minimum atomic E-state index is -3.63. The summed E-state index contributed by atoms with van der Waals surface area (Å²) in [5.41, 5.74) is 5.14. The molecule has 0 saturated carbocycles. The number of hydrogen-bond acceptors (Lipinski definition) is 6. The van der Waals surface area contributed by atoms with E-state index in [1.54, 1.807) is 45.0 Å². The van der Waals surface area contributed by atoms with Crippen LogP contribution in [-0.2, 0) is 10.0 Å². The summed E-state index contributed by atoms with van der Waals surface area (Å²) in [4.78, 5) is 16.9. The Bertz CT molecular complexity index is 933. The predicted octanol–water partition coefficient (Wildman–Crippen LogP) is 0.153. The minimum absolute atomic E-state index is 0.0861. The first-order valence-corrected chi connectivity index (χ1v) is 9.32. The number of nitrogens with zero attached hydrogens (tertiary/aromatic N) is 5. The Balaban J connectivity index is 2.10. The van der Waals surface area contributed by atoms with Crippen molar-refractivity contribution in [2.45, 2.75) is 13.8 Å². The number of sulfonamides is 1. The Morgan fingerprint density at radius 1 is 1.42 bits per heavy atom. The van der Waals surface area contributed by atoms with Crippen molar-refractivity contribution < 1.29 is 17.9 Å². The number of ether oxygens (including phenoxy) is 1. The first kappa shape index (κ1) is 19.6. The van der Waals surface area contributed by atoms with Crippen molar-refractivity contribution in [3.05, 3.63) is 24.0 Å². The molecule has 2 rings (SSSR count). The van der Waals surface area contributed by atoms with Crippen LogP contribution < -0.4 is 10.5 Å². The van der Waals surface area contributed by atoms with Gasteiger partial charge in [0.05, 0.1) is 18.6 Å². The monoisotopic (exact) mass is 382 g/mol. The highest BCUT2D eigenvalue weighted by Gasteiger charge is 2.27. The van der Waals surface area contributed by atoms with Crippen LogP contribution in [0.25, 0.3) is 5.65 Å². The molecule has 0 bridgehead atoms. The number of carbonyl (C=O) groups excluding carboxylic acids is 1. The van der Waals surface area contributed by atoms with E-state index in [9.17, 15) is 13.2 Å². The van der Waals surface area contributed by atoms with Gasteiger partial charge in [-0.1, -0.05) is 13.8 Å². The lowest BCUT2D eigenvalue weighted by Gasteiger charge is -2.23. The van der Waals surface area contributed by atoms with Crippen molar-refractivity contribution >= 4 is 27.9 Å².